The topological polar surface area (TPSA) is 97.7 Å². The summed E-state index contributed by atoms with van der Waals surface area (Å²) in [7, 11) is -5.67. The third kappa shape index (κ3) is 4.80. The van der Waals surface area contributed by atoms with Gasteiger partial charge in [-0.25, -0.2) is 8.78 Å². The molecule has 12 saturated carbocycles. The number of ether oxygens (including phenoxy) is 1. The fourth-order valence-corrected chi connectivity index (χ4v) is 15.8. The number of rotatable bonds is 6. The van der Waals surface area contributed by atoms with Gasteiger partial charge in [0.15, 0.2) is 16.5 Å². The third-order valence-electron chi connectivity index (χ3n) is 16.4. The Labute approximate surface area is 306 Å². The van der Waals surface area contributed by atoms with Crippen LogP contribution in [0.4, 0.5) is 17.6 Å². The number of hydrogen-bond acceptors (Lipinski definition) is 5. The number of carbonyl (C=O) groups is 2. The second-order valence-corrected chi connectivity index (χ2v) is 20.4. The minimum Gasteiger partial charge on any atom is -0.450 e. The zero-order valence-electron chi connectivity index (χ0n) is 29.4. The molecule has 0 aromatic heterocycles. The molecule has 10 unspecified atom stereocenters. The molecule has 12 fully saturated rings. The Morgan fingerprint density at radius 3 is 1.38 bits per heavy atom. The summed E-state index contributed by atoms with van der Waals surface area (Å²) in [5.74, 6) is -7.23. The van der Waals surface area contributed by atoms with E-state index >= 15 is 17.6 Å². The van der Waals surface area contributed by atoms with Crippen LogP contribution < -0.4 is 4.74 Å². The normalized spacial score (nSPS) is 43.0. The molecule has 2 aromatic rings. The van der Waals surface area contributed by atoms with Gasteiger partial charge in [-0.2, -0.15) is 17.2 Å². The lowest BCUT2D eigenvalue weighted by molar-refractivity contribution is -0.142. The Kier molecular flexibility index (Phi) is 7.21. The highest BCUT2D eigenvalue weighted by atomic mass is 32.2. The molecule has 0 spiro atoms. The van der Waals surface area contributed by atoms with Gasteiger partial charge in [-0.15, -0.1) is 0 Å². The number of ketones is 2. The molecule has 2 aromatic carbocycles. The maximum atomic E-state index is 15.9. The van der Waals surface area contributed by atoms with Crippen molar-refractivity contribution in [2.45, 2.75) is 106 Å². The highest BCUT2D eigenvalue weighted by molar-refractivity contribution is 7.85. The van der Waals surface area contributed by atoms with Crippen LogP contribution in [0, 0.1) is 94.3 Å². The van der Waals surface area contributed by atoms with Crippen LogP contribution in [0.15, 0.2) is 17.0 Å². The smallest absolute Gasteiger partial charge is 0.300 e. The lowest BCUT2D eigenvalue weighted by Gasteiger charge is -2.56. The summed E-state index contributed by atoms with van der Waals surface area (Å²) < 4.78 is 102. The van der Waals surface area contributed by atoms with Crippen LogP contribution in [0.2, 0.25) is 0 Å². The maximum Gasteiger partial charge on any atom is 0.300 e. The minimum atomic E-state index is -5.67. The van der Waals surface area contributed by atoms with Crippen molar-refractivity contribution < 1.29 is 44.9 Å². The Morgan fingerprint density at radius 1 is 0.528 bits per heavy atom. The Hall–Kier alpha value is -2.79. The molecule has 0 saturated heterocycles. The predicted octanol–water partition coefficient (Wildman–Crippen LogP) is 9.26. The first kappa shape index (κ1) is 33.5. The van der Waals surface area contributed by atoms with Crippen molar-refractivity contribution in [3.05, 3.63) is 52.1 Å². The molecular formula is C42H44F4O6S. The Balaban J connectivity index is 1.15. The van der Waals surface area contributed by atoms with Crippen molar-refractivity contribution in [1.29, 1.82) is 0 Å². The van der Waals surface area contributed by atoms with Crippen molar-refractivity contribution in [1.82, 2.24) is 0 Å². The van der Waals surface area contributed by atoms with E-state index in [1.165, 1.54) is 6.42 Å². The number of benzene rings is 2. The van der Waals surface area contributed by atoms with Crippen LogP contribution >= 0.6 is 0 Å². The van der Waals surface area contributed by atoms with Gasteiger partial charge in [0.1, 0.15) is 17.3 Å². The SMILES string of the molecule is O=C1C2CC3CC(C2)C(c2cc(C4C5CC6CC(C5)CC4C6)cc(C4C5CC6CC(C5)C(=O)C4C6)c2Oc2c(F)c(F)c(S(=O)(=O)O)c(F)c2F)C1C3. The average molecular weight is 753 g/mol. The summed E-state index contributed by atoms with van der Waals surface area (Å²) in [6, 6.07) is 4.19. The lowest BCUT2D eigenvalue weighted by Crippen LogP contribution is -2.51. The first-order chi connectivity index (χ1) is 25.3. The van der Waals surface area contributed by atoms with E-state index < -0.39 is 44.0 Å². The summed E-state index contributed by atoms with van der Waals surface area (Å²) in [4.78, 5) is 25.9. The van der Waals surface area contributed by atoms with E-state index in [9.17, 15) is 22.6 Å². The van der Waals surface area contributed by atoms with Crippen molar-refractivity contribution in [3.8, 4) is 11.5 Å². The van der Waals surface area contributed by atoms with Gasteiger partial charge < -0.3 is 4.74 Å². The van der Waals surface area contributed by atoms with Gasteiger partial charge in [-0.3, -0.25) is 14.1 Å². The van der Waals surface area contributed by atoms with Crippen molar-refractivity contribution in [2.75, 3.05) is 0 Å². The molecule has 0 heterocycles. The molecule has 53 heavy (non-hydrogen) atoms. The summed E-state index contributed by atoms with van der Waals surface area (Å²) >= 11 is 0. The van der Waals surface area contributed by atoms with Gasteiger partial charge in [-0.1, -0.05) is 12.1 Å². The van der Waals surface area contributed by atoms with Crippen LogP contribution in [0.1, 0.15) is 118 Å². The third-order valence-corrected chi connectivity index (χ3v) is 17.3. The number of Topliss-reactive ketones (excluding diaryl/α,β-unsaturated/α-hetero) is 2. The molecule has 0 amide bonds. The zero-order chi connectivity index (χ0) is 36.4. The molecule has 12 aliphatic carbocycles. The molecule has 11 heteroatoms. The van der Waals surface area contributed by atoms with E-state index in [1.807, 2.05) is 0 Å². The maximum absolute atomic E-state index is 15.9. The van der Waals surface area contributed by atoms with Gasteiger partial charge in [0, 0.05) is 35.5 Å². The quantitative estimate of drug-likeness (QED) is 0.180. The van der Waals surface area contributed by atoms with Crippen LogP contribution in [0.5, 0.6) is 11.5 Å². The molecular weight excluding hydrogens is 709 g/mol. The molecule has 6 nitrogen and oxygen atoms in total. The van der Waals surface area contributed by atoms with Crippen LogP contribution in [0.25, 0.3) is 0 Å². The second-order valence-electron chi connectivity index (χ2n) is 19.1. The van der Waals surface area contributed by atoms with Crippen molar-refractivity contribution in [2.24, 2.45) is 71.0 Å². The van der Waals surface area contributed by atoms with Gasteiger partial charge in [-0.05, 0) is 153 Å². The molecule has 10 atom stereocenters. The Morgan fingerprint density at radius 2 is 0.943 bits per heavy atom. The Bertz CT molecular complexity index is 1970. The first-order valence-electron chi connectivity index (χ1n) is 20.1. The largest absolute Gasteiger partial charge is 0.450 e. The van der Waals surface area contributed by atoms with E-state index in [2.05, 4.69) is 12.1 Å². The lowest BCUT2D eigenvalue weighted by atomic mass is 9.48. The molecule has 12 bridgehead atoms. The number of halogens is 4. The van der Waals surface area contributed by atoms with Crippen LogP contribution in [0.3, 0.4) is 0 Å². The second kappa shape index (κ2) is 11.4. The summed E-state index contributed by atoms with van der Waals surface area (Å²) in [5.41, 5.74) is 2.39. The van der Waals surface area contributed by atoms with E-state index in [0.29, 0.717) is 60.5 Å². The standard InChI is InChI=1S/C42H44F4O6S/c43-34-36(45)42(53(49,50)51)37(46)35(44)41(34)52-40-29(32-22-6-18-8-25(12-22)38(47)27(32)10-18)14-24(31-20-2-16-1-17(4-20)5-21(31)3-16)15-30(40)33-23-7-19-9-26(13-23)39(48)28(33)11-19/h14-23,25-28,31-33H,1-13H2,(H,49,50,51). The predicted molar refractivity (Wildman–Crippen MR) is 183 cm³/mol. The molecule has 0 aliphatic heterocycles. The van der Waals surface area contributed by atoms with Crippen LogP contribution in [-0.4, -0.2) is 24.5 Å². The highest BCUT2D eigenvalue weighted by Crippen LogP contribution is 2.66. The summed E-state index contributed by atoms with van der Waals surface area (Å²) in [5, 5.41) is 0. The van der Waals surface area contributed by atoms with Gasteiger partial charge in [0.2, 0.25) is 17.4 Å². The van der Waals surface area contributed by atoms with E-state index in [-0.39, 0.29) is 70.6 Å². The summed E-state index contributed by atoms with van der Waals surface area (Å²) in [6.07, 6.45) is 12.3. The zero-order valence-corrected chi connectivity index (χ0v) is 30.2. The monoisotopic (exact) mass is 752 g/mol. The molecule has 12 aliphatic rings. The van der Waals surface area contributed by atoms with Gasteiger partial charge >= 0.3 is 10.1 Å². The highest BCUT2D eigenvalue weighted by Gasteiger charge is 2.58. The van der Waals surface area contributed by atoms with Gasteiger partial charge in [0.25, 0.3) is 0 Å². The summed E-state index contributed by atoms with van der Waals surface area (Å²) in [6.45, 7) is 0. The van der Waals surface area contributed by atoms with Crippen molar-refractivity contribution in [3.63, 3.8) is 0 Å². The first-order valence-corrected chi connectivity index (χ1v) is 21.5. The van der Waals surface area contributed by atoms with Gasteiger partial charge in [0.05, 0.1) is 0 Å². The number of hydrogen-bond donors (Lipinski definition) is 1. The minimum absolute atomic E-state index is 0.0155. The fourth-order valence-electron chi connectivity index (χ4n) is 15.2. The van der Waals surface area contributed by atoms with Crippen LogP contribution in [-0.2, 0) is 19.7 Å². The fraction of sp³-hybridized carbons (Fsp3) is 0.667. The molecule has 14 rings (SSSR count). The molecule has 1 N–H and O–H groups in total. The number of carbonyl (C=O) groups excluding carboxylic acids is 2. The molecule has 0 radical (unpaired) electrons. The van der Waals surface area contributed by atoms with E-state index in [0.717, 1.165) is 68.8 Å². The molecule has 282 valence electrons. The average Bonchev–Trinajstić information content (AvgIpc) is 3.09. The van der Waals surface area contributed by atoms with Crippen molar-refractivity contribution >= 4 is 21.7 Å². The van der Waals surface area contributed by atoms with E-state index in [4.69, 9.17) is 4.74 Å². The van der Waals surface area contributed by atoms with E-state index in [1.54, 1.807) is 0 Å².